The second-order valence-electron chi connectivity index (χ2n) is 4.76. The topological polar surface area (TPSA) is 58.2 Å². The van der Waals surface area contributed by atoms with E-state index in [9.17, 15) is 8.42 Å². The second-order valence-corrected chi connectivity index (χ2v) is 6.52. The Balaban J connectivity index is 2.01. The van der Waals surface area contributed by atoms with E-state index in [1.54, 1.807) is 24.3 Å². The molecule has 0 saturated carbocycles. The minimum atomic E-state index is -3.34. The number of piperidine rings is 1. The normalized spacial score (nSPS) is 19.6. The van der Waals surface area contributed by atoms with Crippen LogP contribution in [0.3, 0.4) is 0 Å². The Morgan fingerprint density at radius 1 is 1.42 bits per heavy atom. The highest BCUT2D eigenvalue weighted by Crippen LogP contribution is 2.14. The Labute approximate surface area is 114 Å². The minimum Gasteiger partial charge on any atom is -0.313 e. The van der Waals surface area contributed by atoms with Crippen molar-refractivity contribution in [2.45, 2.75) is 25.3 Å². The fraction of sp³-hybridized carbons (Fsp3) is 0.429. The van der Waals surface area contributed by atoms with Gasteiger partial charge in [0.2, 0.25) is 10.0 Å². The molecule has 1 aromatic rings. The lowest BCUT2D eigenvalue weighted by Crippen LogP contribution is -2.40. The van der Waals surface area contributed by atoms with Crippen LogP contribution in [-0.4, -0.2) is 26.8 Å². The van der Waals surface area contributed by atoms with Gasteiger partial charge in [0.1, 0.15) is 0 Å². The summed E-state index contributed by atoms with van der Waals surface area (Å²) in [5.41, 5.74) is 1.18. The second kappa shape index (κ2) is 6.09. The van der Waals surface area contributed by atoms with Crippen LogP contribution in [0.2, 0.25) is 0 Å². The van der Waals surface area contributed by atoms with Crippen LogP contribution >= 0.6 is 0 Å². The van der Waals surface area contributed by atoms with Gasteiger partial charge in [0.15, 0.2) is 0 Å². The maximum Gasteiger partial charge on any atom is 0.234 e. The highest BCUT2D eigenvalue weighted by atomic mass is 32.2. The quantitative estimate of drug-likeness (QED) is 0.822. The van der Waals surface area contributed by atoms with Crippen LogP contribution in [0.4, 0.5) is 5.69 Å². The molecular weight excluding hydrogens is 260 g/mol. The minimum absolute atomic E-state index is 0.0436. The number of nitrogens with one attached hydrogen (secondary N) is 2. The molecule has 1 fully saturated rings. The average molecular weight is 278 g/mol. The van der Waals surface area contributed by atoms with Gasteiger partial charge in [-0.1, -0.05) is 18.4 Å². The smallest absolute Gasteiger partial charge is 0.234 e. The maximum atomic E-state index is 12.1. The lowest BCUT2D eigenvalue weighted by Gasteiger charge is -2.23. The summed E-state index contributed by atoms with van der Waals surface area (Å²) in [6, 6.07) is 6.91. The molecule has 0 bridgehead atoms. The predicted molar refractivity (Wildman–Crippen MR) is 77.4 cm³/mol. The predicted octanol–water partition coefficient (Wildman–Crippen LogP) is 1.55. The molecule has 1 atom stereocenters. The Hall–Kier alpha value is -1.51. The third-order valence-electron chi connectivity index (χ3n) is 3.14. The van der Waals surface area contributed by atoms with E-state index in [1.165, 1.54) is 0 Å². The zero-order valence-corrected chi connectivity index (χ0v) is 11.5. The first-order valence-corrected chi connectivity index (χ1v) is 8.05. The van der Waals surface area contributed by atoms with Crippen molar-refractivity contribution in [2.24, 2.45) is 0 Å². The van der Waals surface area contributed by atoms with E-state index in [1.807, 2.05) is 0 Å². The molecule has 1 aliphatic rings. The van der Waals surface area contributed by atoms with Gasteiger partial charge < -0.3 is 5.32 Å². The number of sulfonamides is 1. The van der Waals surface area contributed by atoms with Gasteiger partial charge in [-0.25, -0.2) is 8.42 Å². The Morgan fingerprint density at radius 2 is 2.26 bits per heavy atom. The molecule has 1 heterocycles. The van der Waals surface area contributed by atoms with Crippen molar-refractivity contribution in [2.75, 3.05) is 17.0 Å². The van der Waals surface area contributed by atoms with Gasteiger partial charge >= 0.3 is 0 Å². The Bertz CT molecular complexity index is 569. The zero-order valence-electron chi connectivity index (χ0n) is 10.7. The van der Waals surface area contributed by atoms with Crippen LogP contribution in [-0.2, 0) is 10.0 Å². The van der Waals surface area contributed by atoms with Gasteiger partial charge in [-0.2, -0.15) is 0 Å². The molecule has 0 amide bonds. The molecule has 5 heteroatoms. The molecular formula is C14H18N2O2S. The number of benzene rings is 1. The molecule has 102 valence electrons. The highest BCUT2D eigenvalue weighted by Gasteiger charge is 2.20. The van der Waals surface area contributed by atoms with E-state index in [0.717, 1.165) is 25.8 Å². The maximum absolute atomic E-state index is 12.1. The van der Waals surface area contributed by atoms with E-state index < -0.39 is 10.0 Å². The first-order chi connectivity index (χ1) is 9.09. The van der Waals surface area contributed by atoms with Gasteiger partial charge in [-0.05, 0) is 37.6 Å². The van der Waals surface area contributed by atoms with E-state index in [-0.39, 0.29) is 11.8 Å². The molecule has 0 spiro atoms. The molecule has 1 aromatic carbocycles. The molecule has 19 heavy (non-hydrogen) atoms. The molecule has 1 saturated heterocycles. The SMILES string of the molecule is C#Cc1cccc(NS(=O)(=O)CC2CCCCN2)c1. The first kappa shape index (κ1) is 13.9. The molecule has 0 aromatic heterocycles. The van der Waals surface area contributed by atoms with E-state index in [2.05, 4.69) is 16.0 Å². The summed E-state index contributed by atoms with van der Waals surface area (Å²) in [7, 11) is -3.34. The van der Waals surface area contributed by atoms with Gasteiger partial charge in [0.25, 0.3) is 0 Å². The number of hydrogen-bond donors (Lipinski definition) is 2. The Morgan fingerprint density at radius 3 is 2.95 bits per heavy atom. The van der Waals surface area contributed by atoms with Crippen LogP contribution in [0.15, 0.2) is 24.3 Å². The van der Waals surface area contributed by atoms with Crippen LogP contribution in [0, 0.1) is 12.3 Å². The summed E-state index contributed by atoms with van der Waals surface area (Å²) in [5.74, 6) is 2.59. The number of terminal acetylenes is 1. The van der Waals surface area contributed by atoms with Crippen molar-refractivity contribution in [3.63, 3.8) is 0 Å². The molecule has 2 rings (SSSR count). The number of anilines is 1. The van der Waals surface area contributed by atoms with Crippen molar-refractivity contribution in [3.8, 4) is 12.3 Å². The molecule has 2 N–H and O–H groups in total. The standard InChI is InChI=1S/C14H18N2O2S/c1-2-12-6-5-8-13(10-12)16-19(17,18)11-14-7-3-4-9-15-14/h1,5-6,8,10,14-16H,3-4,7,9,11H2. The van der Waals surface area contributed by atoms with E-state index in [4.69, 9.17) is 6.42 Å². The summed E-state index contributed by atoms with van der Waals surface area (Å²) in [4.78, 5) is 0. The zero-order chi connectivity index (χ0) is 13.7. The number of hydrogen-bond acceptors (Lipinski definition) is 3. The summed E-state index contributed by atoms with van der Waals surface area (Å²) in [6.07, 6.45) is 8.41. The van der Waals surface area contributed by atoms with Crippen molar-refractivity contribution < 1.29 is 8.42 Å². The van der Waals surface area contributed by atoms with Gasteiger partial charge in [-0.15, -0.1) is 6.42 Å². The van der Waals surface area contributed by atoms with Crippen molar-refractivity contribution >= 4 is 15.7 Å². The van der Waals surface area contributed by atoms with Crippen LogP contribution in [0.25, 0.3) is 0 Å². The fourth-order valence-electron chi connectivity index (χ4n) is 2.22. The van der Waals surface area contributed by atoms with E-state index in [0.29, 0.717) is 11.3 Å². The molecule has 1 unspecified atom stereocenters. The molecule has 1 aliphatic heterocycles. The lowest BCUT2D eigenvalue weighted by atomic mass is 10.1. The summed E-state index contributed by atoms with van der Waals surface area (Å²) >= 11 is 0. The number of rotatable bonds is 4. The van der Waals surface area contributed by atoms with Crippen molar-refractivity contribution in [3.05, 3.63) is 29.8 Å². The summed E-state index contributed by atoms with van der Waals surface area (Å²) < 4.78 is 26.7. The van der Waals surface area contributed by atoms with Crippen molar-refractivity contribution in [1.82, 2.24) is 5.32 Å². The molecule has 0 radical (unpaired) electrons. The van der Waals surface area contributed by atoms with E-state index >= 15 is 0 Å². The highest BCUT2D eigenvalue weighted by molar-refractivity contribution is 7.92. The third-order valence-corrected chi connectivity index (χ3v) is 4.52. The summed E-state index contributed by atoms with van der Waals surface area (Å²) in [6.45, 7) is 0.896. The monoisotopic (exact) mass is 278 g/mol. The molecule has 4 nitrogen and oxygen atoms in total. The van der Waals surface area contributed by atoms with Crippen LogP contribution in [0.1, 0.15) is 24.8 Å². The lowest BCUT2D eigenvalue weighted by molar-refractivity contribution is 0.424. The fourth-order valence-corrected chi connectivity index (χ4v) is 3.61. The van der Waals surface area contributed by atoms with Crippen LogP contribution < -0.4 is 10.0 Å². The van der Waals surface area contributed by atoms with Crippen molar-refractivity contribution in [1.29, 1.82) is 0 Å². The average Bonchev–Trinajstić information content (AvgIpc) is 2.39. The summed E-state index contributed by atoms with van der Waals surface area (Å²) in [5, 5.41) is 3.23. The van der Waals surface area contributed by atoms with Gasteiger partial charge in [0, 0.05) is 17.3 Å². The van der Waals surface area contributed by atoms with Gasteiger partial charge in [-0.3, -0.25) is 4.72 Å². The third kappa shape index (κ3) is 4.27. The Kier molecular flexibility index (Phi) is 4.46. The van der Waals surface area contributed by atoms with Crippen LogP contribution in [0.5, 0.6) is 0 Å². The molecule has 0 aliphatic carbocycles. The largest absolute Gasteiger partial charge is 0.313 e. The van der Waals surface area contributed by atoms with Gasteiger partial charge in [0.05, 0.1) is 5.75 Å². The first-order valence-electron chi connectivity index (χ1n) is 6.39.